The average molecular weight is 330 g/mol. The number of primary amides is 1. The van der Waals surface area contributed by atoms with Gasteiger partial charge in [0.05, 0.1) is 13.2 Å². The molecule has 3 N–H and O–H groups in total. The Balaban J connectivity index is 1.70. The van der Waals surface area contributed by atoms with E-state index >= 15 is 0 Å². The molecule has 0 saturated carbocycles. The number of hydrogen-bond acceptors (Lipinski definition) is 3. The molecule has 3 rings (SSSR count). The van der Waals surface area contributed by atoms with Gasteiger partial charge in [-0.05, 0) is 37.5 Å². The van der Waals surface area contributed by atoms with Crippen LogP contribution >= 0.6 is 0 Å². The summed E-state index contributed by atoms with van der Waals surface area (Å²) in [5.74, 6) is 0.529. The fourth-order valence-electron chi connectivity index (χ4n) is 3.50. The first kappa shape index (κ1) is 16.8. The Bertz CT molecular complexity index is 623. The summed E-state index contributed by atoms with van der Waals surface area (Å²) in [6.07, 6.45) is 2.30. The topological polar surface area (TPSA) is 79.9 Å². The number of amides is 1. The van der Waals surface area contributed by atoms with Crippen LogP contribution in [0.2, 0.25) is 0 Å². The van der Waals surface area contributed by atoms with Crippen LogP contribution in [0.5, 0.6) is 0 Å². The summed E-state index contributed by atoms with van der Waals surface area (Å²) in [5.41, 5.74) is 7.16. The number of carbonyl (C=O) groups excluding carboxylic acids is 1. The number of nitrogens with zero attached hydrogens (tertiary/aromatic N) is 2. The second-order valence-electron chi connectivity index (χ2n) is 6.71. The van der Waals surface area contributed by atoms with E-state index in [2.05, 4.69) is 17.1 Å². The Hall–Kier alpha value is -2.08. The predicted octanol–water partition coefficient (Wildman–Crippen LogP) is 1.36. The lowest BCUT2D eigenvalue weighted by atomic mass is 9.87. The van der Waals surface area contributed by atoms with Crippen LogP contribution in [0, 0.1) is 5.41 Å². The smallest absolute Gasteiger partial charge is 0.248 e. The van der Waals surface area contributed by atoms with Crippen LogP contribution in [0.3, 0.4) is 0 Å². The third-order valence-electron chi connectivity index (χ3n) is 4.88. The van der Waals surface area contributed by atoms with E-state index in [1.165, 1.54) is 0 Å². The number of rotatable bonds is 4. The lowest BCUT2D eigenvalue weighted by molar-refractivity contribution is 0.1000. The summed E-state index contributed by atoms with van der Waals surface area (Å²) in [5, 5.41) is 3.38. The molecule has 130 valence electrons. The molecule has 2 fully saturated rings. The van der Waals surface area contributed by atoms with Crippen molar-refractivity contribution in [2.45, 2.75) is 26.3 Å². The van der Waals surface area contributed by atoms with Gasteiger partial charge in [0.25, 0.3) is 0 Å². The molecule has 1 atom stereocenters. The summed E-state index contributed by atoms with van der Waals surface area (Å²) in [6, 6.07) is 7.35. The minimum absolute atomic E-state index is 0.308. The van der Waals surface area contributed by atoms with E-state index in [9.17, 15) is 4.79 Å². The van der Waals surface area contributed by atoms with Crippen LogP contribution in [-0.4, -0.2) is 49.6 Å². The number of aliphatic imine (C=N–C) groups is 1. The second kappa shape index (κ2) is 7.21. The number of benzene rings is 1. The number of nitrogens with one attached hydrogen (secondary N) is 1. The minimum atomic E-state index is -0.407. The largest absolute Gasteiger partial charge is 0.381 e. The van der Waals surface area contributed by atoms with Gasteiger partial charge >= 0.3 is 0 Å². The summed E-state index contributed by atoms with van der Waals surface area (Å²) in [7, 11) is 0. The quantitative estimate of drug-likeness (QED) is 0.645. The molecule has 6 nitrogen and oxygen atoms in total. The number of carbonyl (C=O) groups is 1. The highest BCUT2D eigenvalue weighted by Gasteiger charge is 2.42. The zero-order valence-corrected chi connectivity index (χ0v) is 14.3. The lowest BCUT2D eigenvalue weighted by Gasteiger charge is -2.25. The van der Waals surface area contributed by atoms with Crippen molar-refractivity contribution in [3.8, 4) is 0 Å². The van der Waals surface area contributed by atoms with Gasteiger partial charge in [-0.25, -0.2) is 4.99 Å². The van der Waals surface area contributed by atoms with Gasteiger partial charge in [-0.2, -0.15) is 0 Å². The highest BCUT2D eigenvalue weighted by atomic mass is 16.5. The highest BCUT2D eigenvalue weighted by Crippen LogP contribution is 2.38. The van der Waals surface area contributed by atoms with Gasteiger partial charge in [0, 0.05) is 37.2 Å². The fraction of sp³-hybridized carbons (Fsp3) is 0.556. The Morgan fingerprint density at radius 3 is 3.04 bits per heavy atom. The fourth-order valence-corrected chi connectivity index (χ4v) is 3.50. The Labute approximate surface area is 143 Å². The molecule has 2 saturated heterocycles. The molecular formula is C18H26N4O2. The summed E-state index contributed by atoms with van der Waals surface area (Å²) < 4.78 is 5.60. The van der Waals surface area contributed by atoms with Gasteiger partial charge in [-0.3, -0.25) is 4.79 Å². The van der Waals surface area contributed by atoms with E-state index in [-0.39, 0.29) is 0 Å². The van der Waals surface area contributed by atoms with E-state index in [4.69, 9.17) is 15.5 Å². The molecule has 0 aliphatic carbocycles. The van der Waals surface area contributed by atoms with Crippen LogP contribution in [0.4, 0.5) is 0 Å². The van der Waals surface area contributed by atoms with Crippen LogP contribution in [0.15, 0.2) is 29.3 Å². The van der Waals surface area contributed by atoms with Gasteiger partial charge in [0.1, 0.15) is 0 Å². The van der Waals surface area contributed by atoms with Gasteiger partial charge in [0.2, 0.25) is 5.91 Å². The first-order valence-corrected chi connectivity index (χ1v) is 8.62. The van der Waals surface area contributed by atoms with Crippen molar-refractivity contribution < 1.29 is 9.53 Å². The van der Waals surface area contributed by atoms with Crippen molar-refractivity contribution in [1.82, 2.24) is 10.2 Å². The van der Waals surface area contributed by atoms with Crippen LogP contribution in [-0.2, 0) is 11.3 Å². The Morgan fingerprint density at radius 2 is 2.33 bits per heavy atom. The molecule has 1 spiro atoms. The van der Waals surface area contributed by atoms with Gasteiger partial charge in [0.15, 0.2) is 5.96 Å². The van der Waals surface area contributed by atoms with Crippen molar-refractivity contribution in [2.24, 2.45) is 16.1 Å². The monoisotopic (exact) mass is 330 g/mol. The van der Waals surface area contributed by atoms with Crippen molar-refractivity contribution in [2.75, 3.05) is 32.8 Å². The first-order chi connectivity index (χ1) is 11.6. The lowest BCUT2D eigenvalue weighted by Crippen LogP contribution is -2.41. The maximum atomic E-state index is 11.3. The molecule has 2 heterocycles. The third kappa shape index (κ3) is 3.70. The predicted molar refractivity (Wildman–Crippen MR) is 93.8 cm³/mol. The number of hydrogen-bond donors (Lipinski definition) is 2. The van der Waals surface area contributed by atoms with Crippen molar-refractivity contribution >= 4 is 11.9 Å². The van der Waals surface area contributed by atoms with E-state index in [1.54, 1.807) is 6.07 Å². The molecule has 1 aromatic rings. The SMILES string of the molecule is CCNC(=NCc1cccc(C(N)=O)c1)N1CCC2(CCOC2)C1. The number of ether oxygens (including phenoxy) is 1. The maximum absolute atomic E-state index is 11.3. The van der Waals surface area contributed by atoms with Crippen LogP contribution < -0.4 is 11.1 Å². The van der Waals surface area contributed by atoms with Crippen molar-refractivity contribution in [3.63, 3.8) is 0 Å². The third-order valence-corrected chi connectivity index (χ3v) is 4.88. The summed E-state index contributed by atoms with van der Waals surface area (Å²) >= 11 is 0. The molecule has 2 aliphatic heterocycles. The summed E-state index contributed by atoms with van der Waals surface area (Å²) in [6.45, 7) is 7.19. The van der Waals surface area contributed by atoms with Gasteiger partial charge in [-0.15, -0.1) is 0 Å². The van der Waals surface area contributed by atoms with Crippen molar-refractivity contribution in [3.05, 3.63) is 35.4 Å². The van der Waals surface area contributed by atoms with Crippen LogP contribution in [0.25, 0.3) is 0 Å². The Morgan fingerprint density at radius 1 is 1.46 bits per heavy atom. The molecule has 6 heteroatoms. The normalized spacial score (nSPS) is 23.9. The van der Waals surface area contributed by atoms with E-state index in [0.29, 0.717) is 17.5 Å². The van der Waals surface area contributed by atoms with Gasteiger partial charge in [-0.1, -0.05) is 12.1 Å². The number of guanidine groups is 1. The maximum Gasteiger partial charge on any atom is 0.248 e. The molecule has 0 radical (unpaired) electrons. The summed E-state index contributed by atoms with van der Waals surface area (Å²) in [4.78, 5) is 18.4. The van der Waals surface area contributed by atoms with Crippen molar-refractivity contribution in [1.29, 1.82) is 0 Å². The number of likely N-dealkylation sites (tertiary alicyclic amines) is 1. The van der Waals surface area contributed by atoms with Gasteiger partial charge < -0.3 is 20.7 Å². The highest BCUT2D eigenvalue weighted by molar-refractivity contribution is 5.92. The molecule has 0 bridgehead atoms. The molecular weight excluding hydrogens is 304 g/mol. The molecule has 1 aromatic carbocycles. The molecule has 1 unspecified atom stereocenters. The molecule has 0 aromatic heterocycles. The molecule has 2 aliphatic rings. The zero-order chi connectivity index (χ0) is 17.0. The molecule has 24 heavy (non-hydrogen) atoms. The minimum Gasteiger partial charge on any atom is -0.381 e. The standard InChI is InChI=1S/C18H26N4O2/c1-2-20-17(22-8-6-18(12-22)7-9-24-13-18)21-11-14-4-3-5-15(10-14)16(19)23/h3-5,10H,2,6-9,11-13H2,1H3,(H2,19,23)(H,20,21). The van der Waals surface area contributed by atoms with Crippen LogP contribution in [0.1, 0.15) is 35.7 Å². The van der Waals surface area contributed by atoms with E-state index in [0.717, 1.165) is 57.2 Å². The van der Waals surface area contributed by atoms with E-state index in [1.807, 2.05) is 18.2 Å². The second-order valence-corrected chi connectivity index (χ2v) is 6.71. The van der Waals surface area contributed by atoms with E-state index < -0.39 is 5.91 Å². The Kier molecular flexibility index (Phi) is 5.04. The number of nitrogens with two attached hydrogens (primary N) is 1. The zero-order valence-electron chi connectivity index (χ0n) is 14.3. The first-order valence-electron chi connectivity index (χ1n) is 8.62. The molecule has 1 amide bonds. The average Bonchev–Trinajstić information content (AvgIpc) is 3.22.